The second-order valence-corrected chi connectivity index (χ2v) is 6.49. The van der Waals surface area contributed by atoms with E-state index in [1.807, 2.05) is 20.8 Å². The Hall–Kier alpha value is -1.43. The Morgan fingerprint density at radius 3 is 2.55 bits per heavy atom. The summed E-state index contributed by atoms with van der Waals surface area (Å²) >= 11 is 3.12. The fraction of sp³-hybridized carbons (Fsp3) is 0.429. The molecule has 0 unspecified atom stereocenters. The topological polar surface area (TPSA) is 55.4 Å². The quantitative estimate of drug-likeness (QED) is 0.849. The summed E-state index contributed by atoms with van der Waals surface area (Å²) in [4.78, 5) is 23.0. The number of amides is 1. The maximum atomic E-state index is 13.5. The van der Waals surface area contributed by atoms with Gasteiger partial charge >= 0.3 is 5.97 Å². The van der Waals surface area contributed by atoms with Crippen LogP contribution < -0.4 is 5.32 Å². The Labute approximate surface area is 125 Å². The predicted octanol–water partition coefficient (Wildman–Crippen LogP) is 3.51. The maximum Gasteiger partial charge on any atom is 0.306 e. The van der Waals surface area contributed by atoms with Crippen molar-refractivity contribution in [2.24, 2.45) is 5.41 Å². The van der Waals surface area contributed by atoms with E-state index in [-0.39, 0.29) is 17.5 Å². The maximum absolute atomic E-state index is 13.5. The molecule has 1 N–H and O–H groups in total. The molecule has 0 fully saturated rings. The molecule has 4 nitrogen and oxygen atoms in total. The van der Waals surface area contributed by atoms with Gasteiger partial charge in [-0.1, -0.05) is 36.7 Å². The van der Waals surface area contributed by atoms with Crippen molar-refractivity contribution >= 4 is 33.5 Å². The molecule has 1 rings (SSSR count). The average Bonchev–Trinajstić information content (AvgIpc) is 2.28. The Balaban J connectivity index is 2.46. The monoisotopic (exact) mass is 345 g/mol. The van der Waals surface area contributed by atoms with Crippen molar-refractivity contribution in [1.29, 1.82) is 0 Å². The number of ether oxygens (including phenoxy) is 1. The van der Waals surface area contributed by atoms with Gasteiger partial charge in [-0.15, -0.1) is 0 Å². The third-order valence-electron chi connectivity index (χ3n) is 2.24. The number of carbonyl (C=O) groups is 2. The number of esters is 1. The SMILES string of the molecule is CC(C)(C)CC(=O)OCC(=O)Nc1ccc(Br)cc1F. The van der Waals surface area contributed by atoms with Crippen LogP contribution in [0, 0.1) is 11.2 Å². The summed E-state index contributed by atoms with van der Waals surface area (Å²) < 4.78 is 18.9. The van der Waals surface area contributed by atoms with Crippen molar-refractivity contribution in [2.75, 3.05) is 11.9 Å². The van der Waals surface area contributed by atoms with Gasteiger partial charge in [0.2, 0.25) is 0 Å². The van der Waals surface area contributed by atoms with Crippen molar-refractivity contribution in [1.82, 2.24) is 0 Å². The molecule has 0 saturated heterocycles. The number of nitrogens with one attached hydrogen (secondary N) is 1. The fourth-order valence-corrected chi connectivity index (χ4v) is 1.74. The number of anilines is 1. The zero-order valence-corrected chi connectivity index (χ0v) is 13.2. The summed E-state index contributed by atoms with van der Waals surface area (Å²) in [5.41, 5.74) is -0.157. The second-order valence-electron chi connectivity index (χ2n) is 5.57. The molecule has 1 amide bonds. The lowest BCUT2D eigenvalue weighted by atomic mass is 9.93. The van der Waals surface area contributed by atoms with Crippen LogP contribution in [-0.2, 0) is 14.3 Å². The van der Waals surface area contributed by atoms with Crippen LogP contribution in [0.5, 0.6) is 0 Å². The Kier molecular flexibility index (Phi) is 5.68. The molecule has 0 radical (unpaired) electrons. The summed E-state index contributed by atoms with van der Waals surface area (Å²) in [6.07, 6.45) is 0.215. The largest absolute Gasteiger partial charge is 0.456 e. The molecular weight excluding hydrogens is 329 g/mol. The average molecular weight is 346 g/mol. The lowest BCUT2D eigenvalue weighted by Crippen LogP contribution is -2.23. The number of benzene rings is 1. The lowest BCUT2D eigenvalue weighted by Gasteiger charge is -2.16. The molecule has 0 atom stereocenters. The summed E-state index contributed by atoms with van der Waals surface area (Å²) in [7, 11) is 0. The third kappa shape index (κ3) is 6.14. The van der Waals surface area contributed by atoms with E-state index in [2.05, 4.69) is 21.2 Å². The zero-order valence-electron chi connectivity index (χ0n) is 11.6. The lowest BCUT2D eigenvalue weighted by molar-refractivity contribution is -0.149. The molecule has 0 bridgehead atoms. The molecule has 110 valence electrons. The highest BCUT2D eigenvalue weighted by atomic mass is 79.9. The first-order valence-electron chi connectivity index (χ1n) is 6.08. The van der Waals surface area contributed by atoms with Gasteiger partial charge in [0, 0.05) is 4.47 Å². The van der Waals surface area contributed by atoms with Crippen LogP contribution in [0.1, 0.15) is 27.2 Å². The van der Waals surface area contributed by atoms with Gasteiger partial charge in [0.15, 0.2) is 6.61 Å². The van der Waals surface area contributed by atoms with Crippen LogP contribution in [-0.4, -0.2) is 18.5 Å². The van der Waals surface area contributed by atoms with Crippen molar-refractivity contribution in [3.63, 3.8) is 0 Å². The van der Waals surface area contributed by atoms with Crippen LogP contribution in [0.4, 0.5) is 10.1 Å². The standard InChI is InChI=1S/C14H17BrFNO3/c1-14(2,3)7-13(19)20-8-12(18)17-11-5-4-9(15)6-10(11)16/h4-6H,7-8H2,1-3H3,(H,17,18). The van der Waals surface area contributed by atoms with E-state index in [0.717, 1.165) is 0 Å². The van der Waals surface area contributed by atoms with E-state index in [1.165, 1.54) is 12.1 Å². The van der Waals surface area contributed by atoms with Crippen LogP contribution in [0.15, 0.2) is 22.7 Å². The van der Waals surface area contributed by atoms with Crippen LogP contribution >= 0.6 is 15.9 Å². The highest BCUT2D eigenvalue weighted by Crippen LogP contribution is 2.20. The molecule has 1 aromatic carbocycles. The molecular formula is C14H17BrFNO3. The van der Waals surface area contributed by atoms with Gasteiger partial charge in [0.25, 0.3) is 5.91 Å². The number of rotatable bonds is 4. The summed E-state index contributed by atoms with van der Waals surface area (Å²) in [6.45, 7) is 5.26. The smallest absolute Gasteiger partial charge is 0.306 e. The minimum atomic E-state index is -0.575. The molecule has 0 saturated carbocycles. The molecule has 0 heterocycles. The molecule has 6 heteroatoms. The van der Waals surface area contributed by atoms with Crippen LogP contribution in [0.3, 0.4) is 0 Å². The van der Waals surface area contributed by atoms with Gasteiger partial charge in [-0.05, 0) is 23.6 Å². The number of hydrogen-bond acceptors (Lipinski definition) is 3. The number of halogens is 2. The van der Waals surface area contributed by atoms with Gasteiger partial charge in [0.05, 0.1) is 12.1 Å². The summed E-state index contributed by atoms with van der Waals surface area (Å²) in [5, 5.41) is 2.34. The highest BCUT2D eigenvalue weighted by molar-refractivity contribution is 9.10. The van der Waals surface area contributed by atoms with Crippen molar-refractivity contribution in [2.45, 2.75) is 27.2 Å². The fourth-order valence-electron chi connectivity index (χ4n) is 1.41. The molecule has 20 heavy (non-hydrogen) atoms. The van der Waals surface area contributed by atoms with Gasteiger partial charge in [-0.25, -0.2) is 4.39 Å². The van der Waals surface area contributed by atoms with E-state index in [4.69, 9.17) is 4.74 Å². The zero-order chi connectivity index (χ0) is 15.3. The molecule has 1 aromatic rings. The predicted molar refractivity (Wildman–Crippen MR) is 77.8 cm³/mol. The van der Waals surface area contributed by atoms with Crippen molar-refractivity contribution < 1.29 is 18.7 Å². The van der Waals surface area contributed by atoms with Crippen molar-refractivity contribution in [3.05, 3.63) is 28.5 Å². The Morgan fingerprint density at radius 1 is 1.35 bits per heavy atom. The van der Waals surface area contributed by atoms with Gasteiger partial charge < -0.3 is 10.1 Å². The highest BCUT2D eigenvalue weighted by Gasteiger charge is 2.18. The molecule has 0 aromatic heterocycles. The summed E-state index contributed by atoms with van der Waals surface area (Å²) in [5.74, 6) is -1.59. The minimum Gasteiger partial charge on any atom is -0.456 e. The van der Waals surface area contributed by atoms with Gasteiger partial charge in [0.1, 0.15) is 5.82 Å². The molecule has 0 aliphatic carbocycles. The minimum absolute atomic E-state index is 0.0464. The van der Waals surface area contributed by atoms with Crippen molar-refractivity contribution in [3.8, 4) is 0 Å². The van der Waals surface area contributed by atoms with Crippen LogP contribution in [0.25, 0.3) is 0 Å². The summed E-state index contributed by atoms with van der Waals surface area (Å²) in [6, 6.07) is 4.26. The number of hydrogen-bond donors (Lipinski definition) is 1. The first kappa shape index (κ1) is 16.6. The van der Waals surface area contributed by atoms with E-state index < -0.39 is 24.3 Å². The van der Waals surface area contributed by atoms with E-state index in [1.54, 1.807) is 6.07 Å². The van der Waals surface area contributed by atoms with E-state index in [9.17, 15) is 14.0 Å². The first-order chi connectivity index (χ1) is 9.17. The second kappa shape index (κ2) is 6.83. The van der Waals surface area contributed by atoms with E-state index in [0.29, 0.717) is 4.47 Å². The van der Waals surface area contributed by atoms with Crippen LogP contribution in [0.2, 0.25) is 0 Å². The first-order valence-corrected chi connectivity index (χ1v) is 6.87. The molecule has 0 spiro atoms. The Morgan fingerprint density at radius 2 is 2.00 bits per heavy atom. The molecule has 0 aliphatic rings. The number of carbonyl (C=O) groups excluding carboxylic acids is 2. The van der Waals surface area contributed by atoms with Gasteiger partial charge in [-0.2, -0.15) is 0 Å². The van der Waals surface area contributed by atoms with E-state index >= 15 is 0 Å². The third-order valence-corrected chi connectivity index (χ3v) is 2.74. The molecule has 0 aliphatic heterocycles. The Bertz CT molecular complexity index is 512. The normalized spacial score (nSPS) is 11.1. The van der Waals surface area contributed by atoms with Gasteiger partial charge in [-0.3, -0.25) is 9.59 Å².